The molecule has 0 amide bonds. The fourth-order valence-electron chi connectivity index (χ4n) is 2.75. The molecule has 0 spiro atoms. The van der Waals surface area contributed by atoms with Gasteiger partial charge in [-0.25, -0.2) is 9.59 Å². The summed E-state index contributed by atoms with van der Waals surface area (Å²) < 4.78 is 54.8. The van der Waals surface area contributed by atoms with Crippen molar-refractivity contribution in [2.45, 2.75) is 31.9 Å². The number of benzene rings is 1. The Balaban J connectivity index is 1.86. The van der Waals surface area contributed by atoms with E-state index in [1.165, 1.54) is 6.07 Å². The third kappa shape index (κ3) is 6.44. The van der Waals surface area contributed by atoms with Crippen LogP contribution in [-0.2, 0) is 9.53 Å². The van der Waals surface area contributed by atoms with Crippen LogP contribution in [0.4, 0.5) is 13.2 Å². The number of carbonyl (C=O) groups excluding carboxylic acids is 1. The van der Waals surface area contributed by atoms with Crippen molar-refractivity contribution >= 4 is 16.9 Å². The highest BCUT2D eigenvalue weighted by Crippen LogP contribution is 2.33. The molecule has 1 aromatic heterocycles. The molecule has 2 aromatic rings. The maximum Gasteiger partial charge on any atom is 0.391 e. The number of esters is 1. The Kier molecular flexibility index (Phi) is 7.66. The molecule has 28 heavy (non-hydrogen) atoms. The van der Waals surface area contributed by atoms with Crippen LogP contribution in [0.3, 0.4) is 0 Å². The van der Waals surface area contributed by atoms with E-state index in [0.29, 0.717) is 11.0 Å². The van der Waals surface area contributed by atoms with Crippen molar-refractivity contribution < 1.29 is 31.9 Å². The molecular weight excluding hydrogens is 377 g/mol. The zero-order chi connectivity index (χ0) is 20.6. The SMILES string of the molecule is C=CC(=O)OCCCC(CCCOc1cc(=O)oc2ccccc12)C(F)(F)F. The van der Waals surface area contributed by atoms with Gasteiger partial charge in [-0.1, -0.05) is 18.7 Å². The van der Waals surface area contributed by atoms with Crippen LogP contribution < -0.4 is 10.4 Å². The van der Waals surface area contributed by atoms with E-state index >= 15 is 0 Å². The van der Waals surface area contributed by atoms with Gasteiger partial charge in [-0.05, 0) is 37.8 Å². The summed E-state index contributed by atoms with van der Waals surface area (Å²) >= 11 is 0. The molecule has 0 aliphatic rings. The number of hydrogen-bond donors (Lipinski definition) is 0. The number of rotatable bonds is 10. The third-order valence-corrected chi connectivity index (χ3v) is 4.14. The Labute approximate surface area is 159 Å². The topological polar surface area (TPSA) is 65.7 Å². The first-order chi connectivity index (χ1) is 13.3. The van der Waals surface area contributed by atoms with Gasteiger partial charge < -0.3 is 13.9 Å². The fourth-order valence-corrected chi connectivity index (χ4v) is 2.75. The highest BCUT2D eigenvalue weighted by atomic mass is 19.4. The maximum absolute atomic E-state index is 13.2. The number of carbonyl (C=O) groups is 1. The van der Waals surface area contributed by atoms with Gasteiger partial charge in [0.25, 0.3) is 0 Å². The van der Waals surface area contributed by atoms with E-state index in [0.717, 1.165) is 6.08 Å². The van der Waals surface area contributed by atoms with Gasteiger partial charge in [0.1, 0.15) is 11.3 Å². The second-order valence-corrected chi connectivity index (χ2v) is 6.17. The van der Waals surface area contributed by atoms with Crippen LogP contribution in [0.5, 0.6) is 5.75 Å². The summed E-state index contributed by atoms with van der Waals surface area (Å²) in [6, 6.07) is 7.94. The van der Waals surface area contributed by atoms with Crippen molar-refractivity contribution in [2.75, 3.05) is 13.2 Å². The van der Waals surface area contributed by atoms with Gasteiger partial charge in [0.2, 0.25) is 0 Å². The monoisotopic (exact) mass is 398 g/mol. The molecule has 0 aliphatic heterocycles. The molecule has 0 fully saturated rings. The molecule has 0 bridgehead atoms. The second-order valence-electron chi connectivity index (χ2n) is 6.17. The fraction of sp³-hybridized carbons (Fsp3) is 0.400. The normalized spacial score (nSPS) is 12.5. The summed E-state index contributed by atoms with van der Waals surface area (Å²) in [5.41, 5.74) is -0.233. The minimum Gasteiger partial charge on any atom is -0.493 e. The summed E-state index contributed by atoms with van der Waals surface area (Å²) in [5, 5.41) is 0.582. The second kappa shape index (κ2) is 9.96. The zero-order valence-corrected chi connectivity index (χ0v) is 15.2. The molecule has 8 heteroatoms. The molecular formula is C20H21F3O5. The minimum atomic E-state index is -4.34. The molecule has 0 N–H and O–H groups in total. The average Bonchev–Trinajstić information content (AvgIpc) is 2.65. The van der Waals surface area contributed by atoms with Crippen LogP contribution in [-0.4, -0.2) is 25.4 Å². The Hall–Kier alpha value is -2.77. The lowest BCUT2D eigenvalue weighted by Gasteiger charge is -2.20. The molecule has 0 aliphatic carbocycles. The summed E-state index contributed by atoms with van der Waals surface area (Å²) in [4.78, 5) is 22.5. The molecule has 1 atom stereocenters. The van der Waals surface area contributed by atoms with Crippen molar-refractivity contribution in [1.82, 2.24) is 0 Å². The Morgan fingerprint density at radius 2 is 1.86 bits per heavy atom. The number of ether oxygens (including phenoxy) is 2. The molecule has 1 unspecified atom stereocenters. The number of halogens is 3. The van der Waals surface area contributed by atoms with E-state index in [2.05, 4.69) is 6.58 Å². The molecule has 0 saturated heterocycles. The van der Waals surface area contributed by atoms with Crippen molar-refractivity contribution in [3.05, 3.63) is 53.4 Å². The third-order valence-electron chi connectivity index (χ3n) is 4.14. The Bertz CT molecular complexity index is 857. The van der Waals surface area contributed by atoms with Gasteiger partial charge >= 0.3 is 17.8 Å². The zero-order valence-electron chi connectivity index (χ0n) is 15.2. The van der Waals surface area contributed by atoms with Crippen LogP contribution in [0.2, 0.25) is 0 Å². The van der Waals surface area contributed by atoms with E-state index in [1.807, 2.05) is 0 Å². The van der Waals surface area contributed by atoms with E-state index in [1.54, 1.807) is 24.3 Å². The standard InChI is InChI=1S/C20H21F3O5/c1-2-18(24)27-12-6-8-14(20(21,22)23)7-5-11-26-17-13-19(25)28-16-10-4-3-9-15(16)17/h2-4,9-10,13-14H,1,5-8,11-12H2. The van der Waals surface area contributed by atoms with Crippen LogP contribution >= 0.6 is 0 Å². The summed E-state index contributed by atoms with van der Waals surface area (Å²) in [7, 11) is 0. The van der Waals surface area contributed by atoms with Crippen molar-refractivity contribution in [1.29, 1.82) is 0 Å². The Morgan fingerprint density at radius 1 is 1.18 bits per heavy atom. The van der Waals surface area contributed by atoms with Crippen LogP contribution in [0.1, 0.15) is 25.7 Å². The number of fused-ring (bicyclic) bond motifs is 1. The van der Waals surface area contributed by atoms with E-state index in [4.69, 9.17) is 13.9 Å². The van der Waals surface area contributed by atoms with Gasteiger partial charge in [0.15, 0.2) is 0 Å². The highest BCUT2D eigenvalue weighted by Gasteiger charge is 2.38. The number of para-hydroxylation sites is 1. The van der Waals surface area contributed by atoms with Crippen LogP contribution in [0, 0.1) is 5.92 Å². The first kappa shape index (κ1) is 21.5. The van der Waals surface area contributed by atoms with E-state index < -0.39 is 23.7 Å². The van der Waals surface area contributed by atoms with E-state index in [9.17, 15) is 22.8 Å². The predicted octanol–water partition coefficient (Wildman–Crippen LogP) is 4.64. The van der Waals surface area contributed by atoms with Crippen molar-refractivity contribution in [2.24, 2.45) is 5.92 Å². The van der Waals surface area contributed by atoms with Crippen molar-refractivity contribution in [3.8, 4) is 5.75 Å². The quantitative estimate of drug-likeness (QED) is 0.252. The number of hydrogen-bond acceptors (Lipinski definition) is 5. The molecule has 0 radical (unpaired) electrons. The van der Waals surface area contributed by atoms with Gasteiger partial charge in [-0.2, -0.15) is 13.2 Å². The van der Waals surface area contributed by atoms with Gasteiger partial charge in [-0.15, -0.1) is 0 Å². The molecule has 0 saturated carbocycles. The maximum atomic E-state index is 13.2. The first-order valence-electron chi connectivity index (χ1n) is 8.83. The first-order valence-corrected chi connectivity index (χ1v) is 8.83. The lowest BCUT2D eigenvalue weighted by molar-refractivity contribution is -0.179. The minimum absolute atomic E-state index is 0.0332. The lowest BCUT2D eigenvalue weighted by Crippen LogP contribution is -2.24. The van der Waals surface area contributed by atoms with Gasteiger partial charge in [0.05, 0.1) is 30.6 Å². The van der Waals surface area contributed by atoms with E-state index in [-0.39, 0.29) is 44.6 Å². The van der Waals surface area contributed by atoms with Crippen LogP contribution in [0.15, 0.2) is 52.2 Å². The average molecular weight is 398 g/mol. The molecule has 5 nitrogen and oxygen atoms in total. The van der Waals surface area contributed by atoms with Crippen molar-refractivity contribution in [3.63, 3.8) is 0 Å². The lowest BCUT2D eigenvalue weighted by atomic mass is 9.97. The van der Waals surface area contributed by atoms with Gasteiger partial charge in [-0.3, -0.25) is 0 Å². The number of alkyl halides is 3. The summed E-state index contributed by atoms with van der Waals surface area (Å²) in [6.07, 6.45) is -3.39. The summed E-state index contributed by atoms with van der Waals surface area (Å²) in [5.74, 6) is -1.89. The summed E-state index contributed by atoms with van der Waals surface area (Å²) in [6.45, 7) is 3.17. The highest BCUT2D eigenvalue weighted by molar-refractivity contribution is 5.82. The molecule has 2 rings (SSSR count). The Morgan fingerprint density at radius 3 is 2.54 bits per heavy atom. The van der Waals surface area contributed by atoms with Crippen LogP contribution in [0.25, 0.3) is 11.0 Å². The molecule has 152 valence electrons. The van der Waals surface area contributed by atoms with Gasteiger partial charge in [0, 0.05) is 6.08 Å². The smallest absolute Gasteiger partial charge is 0.391 e. The largest absolute Gasteiger partial charge is 0.493 e. The molecule has 1 aromatic carbocycles. The molecule has 1 heterocycles. The predicted molar refractivity (Wildman–Crippen MR) is 97.1 cm³/mol.